The maximum absolute atomic E-state index is 13.2. The second-order valence-electron chi connectivity index (χ2n) is 4.49. The molecule has 0 atom stereocenters. The Hall–Kier alpha value is -2.17. The van der Waals surface area contributed by atoms with Crippen molar-refractivity contribution >= 4 is 5.78 Å². The zero-order chi connectivity index (χ0) is 13.4. The number of carbonyl (C=O) groups is 1. The average Bonchev–Trinajstić information content (AvgIpc) is 2.37. The highest BCUT2D eigenvalue weighted by Crippen LogP contribution is 2.23. The van der Waals surface area contributed by atoms with Gasteiger partial charge in [0.05, 0.1) is 11.3 Å². The molecule has 0 saturated heterocycles. The van der Waals surface area contributed by atoms with E-state index >= 15 is 0 Å². The van der Waals surface area contributed by atoms with Gasteiger partial charge in [0, 0.05) is 24.2 Å². The van der Waals surface area contributed by atoms with Crippen molar-refractivity contribution in [1.82, 2.24) is 9.97 Å². The Morgan fingerprint density at radius 1 is 1.05 bits per heavy atom. The third-order valence-corrected chi connectivity index (χ3v) is 3.11. The molecule has 0 aliphatic heterocycles. The van der Waals surface area contributed by atoms with E-state index < -0.39 is 11.6 Å². The van der Waals surface area contributed by atoms with Crippen LogP contribution in [0.3, 0.4) is 0 Å². The summed E-state index contributed by atoms with van der Waals surface area (Å²) < 4.78 is 26.3. The number of nitrogens with zero attached hydrogens (tertiary/aromatic N) is 2. The number of hydrogen-bond acceptors (Lipinski definition) is 3. The summed E-state index contributed by atoms with van der Waals surface area (Å²) >= 11 is 0. The van der Waals surface area contributed by atoms with Gasteiger partial charge in [-0.25, -0.2) is 18.7 Å². The SMILES string of the molecule is O=C1CCCc2nc(-c3cc(F)cc(F)c3)ncc21. The van der Waals surface area contributed by atoms with Crippen molar-refractivity contribution in [3.8, 4) is 11.4 Å². The number of aromatic nitrogens is 2. The van der Waals surface area contributed by atoms with Gasteiger partial charge in [0.2, 0.25) is 0 Å². The molecule has 1 aliphatic rings. The largest absolute Gasteiger partial charge is 0.294 e. The Bertz CT molecular complexity index is 650. The number of carbonyl (C=O) groups excluding carboxylic acids is 1. The first kappa shape index (κ1) is 11.9. The van der Waals surface area contributed by atoms with Crippen LogP contribution in [0.4, 0.5) is 8.78 Å². The molecular formula is C14H10F2N2O. The van der Waals surface area contributed by atoms with Crippen molar-refractivity contribution in [3.05, 3.63) is 47.3 Å². The number of Topliss-reactive ketones (excluding diaryl/α,β-unsaturated/α-hetero) is 1. The van der Waals surface area contributed by atoms with Gasteiger partial charge in [0.1, 0.15) is 11.6 Å². The summed E-state index contributed by atoms with van der Waals surface area (Å²) in [6, 6.07) is 3.15. The minimum absolute atomic E-state index is 0.0261. The Morgan fingerprint density at radius 2 is 1.79 bits per heavy atom. The van der Waals surface area contributed by atoms with Crippen LogP contribution in [0.1, 0.15) is 28.9 Å². The summed E-state index contributed by atoms with van der Waals surface area (Å²) in [5, 5.41) is 0. The molecule has 0 fully saturated rings. The van der Waals surface area contributed by atoms with Crippen LogP contribution < -0.4 is 0 Å². The van der Waals surface area contributed by atoms with Crippen molar-refractivity contribution in [2.45, 2.75) is 19.3 Å². The summed E-state index contributed by atoms with van der Waals surface area (Å²) in [4.78, 5) is 19.9. The second-order valence-corrected chi connectivity index (χ2v) is 4.49. The van der Waals surface area contributed by atoms with E-state index in [0.717, 1.165) is 12.5 Å². The fourth-order valence-electron chi connectivity index (χ4n) is 2.21. The van der Waals surface area contributed by atoms with E-state index in [2.05, 4.69) is 9.97 Å². The molecule has 0 bridgehead atoms. The van der Waals surface area contributed by atoms with E-state index in [-0.39, 0.29) is 17.2 Å². The molecule has 19 heavy (non-hydrogen) atoms. The molecule has 1 heterocycles. The predicted octanol–water partition coefficient (Wildman–Crippen LogP) is 2.94. The number of aryl methyl sites for hydroxylation is 1. The average molecular weight is 260 g/mol. The molecule has 0 amide bonds. The van der Waals surface area contributed by atoms with Crippen LogP contribution in [-0.4, -0.2) is 15.8 Å². The van der Waals surface area contributed by atoms with Gasteiger partial charge in [-0.05, 0) is 25.0 Å². The third kappa shape index (κ3) is 2.23. The van der Waals surface area contributed by atoms with Crippen molar-refractivity contribution in [2.75, 3.05) is 0 Å². The topological polar surface area (TPSA) is 42.9 Å². The number of fused-ring (bicyclic) bond motifs is 1. The summed E-state index contributed by atoms with van der Waals surface area (Å²) in [7, 11) is 0. The second kappa shape index (κ2) is 4.50. The molecule has 1 aliphatic carbocycles. The lowest BCUT2D eigenvalue weighted by molar-refractivity contribution is 0.0971. The summed E-state index contributed by atoms with van der Waals surface area (Å²) in [6.07, 6.45) is 3.39. The van der Waals surface area contributed by atoms with Gasteiger partial charge in [-0.15, -0.1) is 0 Å². The molecule has 0 radical (unpaired) electrons. The number of halogens is 2. The third-order valence-electron chi connectivity index (χ3n) is 3.11. The number of rotatable bonds is 1. The lowest BCUT2D eigenvalue weighted by Gasteiger charge is -2.13. The number of benzene rings is 1. The highest BCUT2D eigenvalue weighted by molar-refractivity contribution is 5.97. The number of ketones is 1. The van der Waals surface area contributed by atoms with Crippen molar-refractivity contribution in [3.63, 3.8) is 0 Å². The standard InChI is InChI=1S/C14H10F2N2O/c15-9-4-8(5-10(16)6-9)14-17-7-11-12(18-14)2-1-3-13(11)19/h4-7H,1-3H2. The van der Waals surface area contributed by atoms with Crippen LogP contribution in [0.25, 0.3) is 11.4 Å². The van der Waals surface area contributed by atoms with Crippen LogP contribution >= 0.6 is 0 Å². The van der Waals surface area contributed by atoms with Crippen molar-refractivity contribution in [1.29, 1.82) is 0 Å². The van der Waals surface area contributed by atoms with Crippen LogP contribution in [-0.2, 0) is 6.42 Å². The molecule has 5 heteroatoms. The first-order valence-electron chi connectivity index (χ1n) is 5.99. The molecule has 1 aromatic carbocycles. The molecule has 3 rings (SSSR count). The molecule has 96 valence electrons. The normalized spacial score (nSPS) is 14.3. The van der Waals surface area contributed by atoms with Crippen molar-refractivity contribution in [2.24, 2.45) is 0 Å². The molecule has 0 unspecified atom stereocenters. The zero-order valence-electron chi connectivity index (χ0n) is 9.99. The summed E-state index contributed by atoms with van der Waals surface area (Å²) in [5.74, 6) is -1.08. The number of hydrogen-bond donors (Lipinski definition) is 0. The fourth-order valence-corrected chi connectivity index (χ4v) is 2.21. The molecule has 0 saturated carbocycles. The van der Waals surface area contributed by atoms with Crippen LogP contribution in [0.15, 0.2) is 24.4 Å². The van der Waals surface area contributed by atoms with E-state index in [4.69, 9.17) is 0 Å². The maximum atomic E-state index is 13.2. The minimum Gasteiger partial charge on any atom is -0.294 e. The molecule has 2 aromatic rings. The van der Waals surface area contributed by atoms with E-state index in [1.807, 2.05) is 0 Å². The molecule has 0 spiro atoms. The van der Waals surface area contributed by atoms with E-state index in [0.29, 0.717) is 24.1 Å². The Kier molecular flexibility index (Phi) is 2.81. The Balaban J connectivity index is 2.09. The smallest absolute Gasteiger partial charge is 0.166 e. The highest BCUT2D eigenvalue weighted by atomic mass is 19.1. The molecular weight excluding hydrogens is 250 g/mol. The predicted molar refractivity (Wildman–Crippen MR) is 64.7 cm³/mol. The quantitative estimate of drug-likeness (QED) is 0.791. The van der Waals surface area contributed by atoms with Crippen LogP contribution in [0, 0.1) is 11.6 Å². The lowest BCUT2D eigenvalue weighted by atomic mass is 9.96. The lowest BCUT2D eigenvalue weighted by Crippen LogP contribution is -2.13. The van der Waals surface area contributed by atoms with Gasteiger partial charge in [0.25, 0.3) is 0 Å². The maximum Gasteiger partial charge on any atom is 0.166 e. The summed E-state index contributed by atoms with van der Waals surface area (Å²) in [6.45, 7) is 0. The van der Waals surface area contributed by atoms with Gasteiger partial charge in [-0.3, -0.25) is 4.79 Å². The van der Waals surface area contributed by atoms with Gasteiger partial charge in [-0.2, -0.15) is 0 Å². The van der Waals surface area contributed by atoms with Crippen LogP contribution in [0.5, 0.6) is 0 Å². The Labute approximate surface area is 108 Å². The van der Waals surface area contributed by atoms with E-state index in [1.54, 1.807) is 0 Å². The monoisotopic (exact) mass is 260 g/mol. The minimum atomic E-state index is -0.674. The fraction of sp³-hybridized carbons (Fsp3) is 0.214. The molecule has 0 N–H and O–H groups in total. The molecule has 1 aromatic heterocycles. The first-order valence-corrected chi connectivity index (χ1v) is 5.99. The van der Waals surface area contributed by atoms with Gasteiger partial charge in [0.15, 0.2) is 11.6 Å². The zero-order valence-corrected chi connectivity index (χ0v) is 9.99. The summed E-state index contributed by atoms with van der Waals surface area (Å²) in [5.41, 5.74) is 1.45. The van der Waals surface area contributed by atoms with E-state index in [9.17, 15) is 13.6 Å². The van der Waals surface area contributed by atoms with Crippen molar-refractivity contribution < 1.29 is 13.6 Å². The molecule has 3 nitrogen and oxygen atoms in total. The van der Waals surface area contributed by atoms with Gasteiger partial charge < -0.3 is 0 Å². The van der Waals surface area contributed by atoms with Gasteiger partial charge >= 0.3 is 0 Å². The van der Waals surface area contributed by atoms with Gasteiger partial charge in [-0.1, -0.05) is 0 Å². The highest BCUT2D eigenvalue weighted by Gasteiger charge is 2.19. The van der Waals surface area contributed by atoms with Crippen LogP contribution in [0.2, 0.25) is 0 Å². The first-order chi connectivity index (χ1) is 9.13. The Morgan fingerprint density at radius 3 is 2.53 bits per heavy atom. The van der Waals surface area contributed by atoms with E-state index in [1.165, 1.54) is 18.3 Å².